The van der Waals surface area contributed by atoms with Crippen molar-refractivity contribution in [1.29, 1.82) is 0 Å². The number of methoxy groups -OCH3 is 1. The maximum absolute atomic E-state index is 11.8. The van der Waals surface area contributed by atoms with Gasteiger partial charge in [0.1, 0.15) is 0 Å². The van der Waals surface area contributed by atoms with Gasteiger partial charge in [-0.2, -0.15) is 5.10 Å². The van der Waals surface area contributed by atoms with Crippen LogP contribution >= 0.6 is 0 Å². The van der Waals surface area contributed by atoms with Gasteiger partial charge in [0.25, 0.3) is 5.91 Å². The van der Waals surface area contributed by atoms with Crippen LogP contribution in [-0.4, -0.2) is 34.2 Å². The molecule has 2 rings (SSSR count). The van der Waals surface area contributed by atoms with Gasteiger partial charge in [-0.3, -0.25) is 19.9 Å². The normalized spacial score (nSPS) is 10.5. The van der Waals surface area contributed by atoms with Crippen LogP contribution in [0.5, 0.6) is 11.5 Å². The number of phenols is 1. The van der Waals surface area contributed by atoms with Gasteiger partial charge < -0.3 is 9.84 Å². The van der Waals surface area contributed by atoms with E-state index in [0.29, 0.717) is 5.56 Å². The number of nitrogens with one attached hydrogen (secondary N) is 1. The Hall–Kier alpha value is -3.49. The maximum Gasteiger partial charge on any atom is 0.323 e. The Kier molecular flexibility index (Phi) is 4.82. The summed E-state index contributed by atoms with van der Waals surface area (Å²) in [5.74, 6) is -1.13. The van der Waals surface area contributed by atoms with Crippen LogP contribution < -0.4 is 10.2 Å². The lowest BCUT2D eigenvalue weighted by atomic mass is 10.1. The van der Waals surface area contributed by atoms with Crippen LogP contribution in [0.4, 0.5) is 5.69 Å². The number of aromatic hydroxyl groups is 1. The van der Waals surface area contributed by atoms with E-state index in [1.165, 1.54) is 43.8 Å². The van der Waals surface area contributed by atoms with Crippen LogP contribution in [0.2, 0.25) is 0 Å². The minimum atomic E-state index is -0.704. The average Bonchev–Trinajstić information content (AvgIpc) is 2.56. The molecule has 0 fully saturated rings. The number of phenolic OH excluding ortho intramolecular Hbond substituents is 1. The van der Waals surface area contributed by atoms with Gasteiger partial charge in [-0.1, -0.05) is 0 Å². The summed E-state index contributed by atoms with van der Waals surface area (Å²) >= 11 is 0. The zero-order valence-corrected chi connectivity index (χ0v) is 12.0. The fraction of sp³-hybridized carbons (Fsp3) is 0.0714. The third-order valence-corrected chi connectivity index (χ3v) is 2.84. The van der Waals surface area contributed by atoms with Crippen LogP contribution in [0.15, 0.2) is 41.8 Å². The molecule has 9 nitrogen and oxygen atoms in total. The summed E-state index contributed by atoms with van der Waals surface area (Å²) < 4.78 is 4.83. The molecule has 1 aromatic heterocycles. The summed E-state index contributed by atoms with van der Waals surface area (Å²) in [5.41, 5.74) is 2.20. The number of amides is 1. The number of carbonyl (C=O) groups is 1. The quantitative estimate of drug-likeness (QED) is 0.488. The number of hydrazone groups is 1. The molecule has 2 aromatic rings. The number of rotatable bonds is 5. The van der Waals surface area contributed by atoms with Crippen molar-refractivity contribution in [2.24, 2.45) is 5.10 Å². The average molecular weight is 316 g/mol. The molecule has 0 saturated heterocycles. The molecular formula is C14H12N4O5. The largest absolute Gasteiger partial charge is 0.504 e. The van der Waals surface area contributed by atoms with Gasteiger partial charge in [0.05, 0.1) is 23.8 Å². The van der Waals surface area contributed by atoms with E-state index in [1.54, 1.807) is 0 Å². The van der Waals surface area contributed by atoms with Gasteiger partial charge in [-0.15, -0.1) is 0 Å². The van der Waals surface area contributed by atoms with Crippen LogP contribution in [0, 0.1) is 10.1 Å². The number of benzene rings is 1. The lowest BCUT2D eigenvalue weighted by Gasteiger charge is -2.06. The van der Waals surface area contributed by atoms with E-state index < -0.39 is 16.5 Å². The molecule has 1 heterocycles. The first-order valence-electron chi connectivity index (χ1n) is 6.32. The van der Waals surface area contributed by atoms with Crippen molar-refractivity contribution < 1.29 is 19.6 Å². The molecule has 1 aromatic carbocycles. The van der Waals surface area contributed by atoms with Gasteiger partial charge in [0.2, 0.25) is 5.75 Å². The smallest absolute Gasteiger partial charge is 0.323 e. The molecule has 0 bridgehead atoms. The number of aromatic nitrogens is 1. The van der Waals surface area contributed by atoms with E-state index in [0.717, 1.165) is 6.21 Å². The summed E-state index contributed by atoms with van der Waals surface area (Å²) in [6, 6.07) is 5.52. The van der Waals surface area contributed by atoms with Gasteiger partial charge in [0.15, 0.2) is 5.75 Å². The molecule has 118 valence electrons. The van der Waals surface area contributed by atoms with Crippen molar-refractivity contribution in [2.45, 2.75) is 0 Å². The summed E-state index contributed by atoms with van der Waals surface area (Å²) in [5, 5.41) is 24.4. The fourth-order valence-corrected chi connectivity index (χ4v) is 1.80. The SMILES string of the molecule is COc1c(O)ccc(/C=N/NC(=O)c2ccncc2)c1[N+](=O)[O-]. The Morgan fingerprint density at radius 1 is 1.39 bits per heavy atom. The van der Waals surface area contributed by atoms with Crippen molar-refractivity contribution in [3.63, 3.8) is 0 Å². The minimum Gasteiger partial charge on any atom is -0.504 e. The number of hydrogen-bond donors (Lipinski definition) is 2. The molecule has 0 radical (unpaired) electrons. The molecule has 2 N–H and O–H groups in total. The van der Waals surface area contributed by atoms with Crippen molar-refractivity contribution >= 4 is 17.8 Å². The molecule has 0 spiro atoms. The highest BCUT2D eigenvalue weighted by Gasteiger charge is 2.23. The third kappa shape index (κ3) is 3.59. The third-order valence-electron chi connectivity index (χ3n) is 2.84. The first-order chi connectivity index (χ1) is 11.0. The van der Waals surface area contributed by atoms with E-state index in [2.05, 4.69) is 15.5 Å². The molecule has 0 aliphatic carbocycles. The lowest BCUT2D eigenvalue weighted by molar-refractivity contribution is -0.386. The Labute approximate surface area is 130 Å². The monoisotopic (exact) mass is 316 g/mol. The highest BCUT2D eigenvalue weighted by atomic mass is 16.6. The number of pyridine rings is 1. The highest BCUT2D eigenvalue weighted by Crippen LogP contribution is 2.37. The molecule has 0 aliphatic heterocycles. The lowest BCUT2D eigenvalue weighted by Crippen LogP contribution is -2.17. The summed E-state index contributed by atoms with van der Waals surface area (Å²) in [4.78, 5) is 26.0. The molecule has 0 unspecified atom stereocenters. The number of carbonyl (C=O) groups excluding carboxylic acids is 1. The maximum atomic E-state index is 11.8. The van der Waals surface area contributed by atoms with Crippen LogP contribution in [0.3, 0.4) is 0 Å². The predicted octanol–water partition coefficient (Wildman–Crippen LogP) is 1.47. The first kappa shape index (κ1) is 15.9. The fourth-order valence-electron chi connectivity index (χ4n) is 1.80. The summed E-state index contributed by atoms with van der Waals surface area (Å²) in [7, 11) is 1.20. The van der Waals surface area contributed by atoms with Gasteiger partial charge in [-0.25, -0.2) is 5.43 Å². The van der Waals surface area contributed by atoms with E-state index in [4.69, 9.17) is 4.74 Å². The molecule has 9 heteroatoms. The summed E-state index contributed by atoms with van der Waals surface area (Å²) in [6.45, 7) is 0. The van der Waals surface area contributed by atoms with E-state index >= 15 is 0 Å². The van der Waals surface area contributed by atoms with Gasteiger partial charge in [0, 0.05) is 18.0 Å². The number of nitrogens with zero attached hydrogens (tertiary/aromatic N) is 3. The molecule has 0 atom stereocenters. The summed E-state index contributed by atoms with van der Waals surface area (Å²) in [6.07, 6.45) is 4.00. The number of ether oxygens (including phenoxy) is 1. The van der Waals surface area contributed by atoms with Crippen molar-refractivity contribution in [3.8, 4) is 11.5 Å². The topological polar surface area (TPSA) is 127 Å². The van der Waals surface area contributed by atoms with Crippen LogP contribution in [0.25, 0.3) is 0 Å². The number of nitro benzene ring substituents is 1. The number of nitro groups is 1. The molecule has 23 heavy (non-hydrogen) atoms. The predicted molar refractivity (Wildman–Crippen MR) is 80.6 cm³/mol. The van der Waals surface area contributed by atoms with Crippen molar-refractivity contribution in [2.75, 3.05) is 7.11 Å². The Bertz CT molecular complexity index is 761. The van der Waals surface area contributed by atoms with Crippen molar-refractivity contribution in [3.05, 3.63) is 57.9 Å². The minimum absolute atomic E-state index is 0.0691. The zero-order chi connectivity index (χ0) is 16.8. The second-order valence-corrected chi connectivity index (χ2v) is 4.25. The molecular weight excluding hydrogens is 304 g/mol. The highest BCUT2D eigenvalue weighted by molar-refractivity contribution is 5.95. The van der Waals surface area contributed by atoms with Gasteiger partial charge >= 0.3 is 5.69 Å². The van der Waals surface area contributed by atoms with Crippen molar-refractivity contribution in [1.82, 2.24) is 10.4 Å². The second-order valence-electron chi connectivity index (χ2n) is 4.25. The Morgan fingerprint density at radius 3 is 2.70 bits per heavy atom. The van der Waals surface area contributed by atoms with E-state index in [1.807, 2.05) is 0 Å². The standard InChI is InChI=1S/C14H12N4O5/c1-23-13-11(19)3-2-10(12(13)18(21)22)8-16-17-14(20)9-4-6-15-7-5-9/h2-8,19H,1H3,(H,17,20)/b16-8+. The van der Waals surface area contributed by atoms with E-state index in [-0.39, 0.29) is 17.1 Å². The zero-order valence-electron chi connectivity index (χ0n) is 12.0. The first-order valence-corrected chi connectivity index (χ1v) is 6.32. The second kappa shape index (κ2) is 6.98. The Balaban J connectivity index is 2.23. The molecule has 1 amide bonds. The molecule has 0 aliphatic rings. The number of hydrogen-bond acceptors (Lipinski definition) is 7. The van der Waals surface area contributed by atoms with Crippen LogP contribution in [0.1, 0.15) is 15.9 Å². The van der Waals surface area contributed by atoms with E-state index in [9.17, 15) is 20.0 Å². The Morgan fingerprint density at radius 2 is 2.09 bits per heavy atom. The van der Waals surface area contributed by atoms with Crippen LogP contribution in [-0.2, 0) is 0 Å². The molecule has 0 saturated carbocycles. The van der Waals surface area contributed by atoms with Gasteiger partial charge in [-0.05, 0) is 24.3 Å².